The lowest BCUT2D eigenvalue weighted by Gasteiger charge is -2.16. The number of carbonyl (C=O) groups is 1. The molecular weight excluding hydrogens is 302 g/mol. The number of nitrogens with zero attached hydrogens (tertiary/aromatic N) is 5. The number of amides is 1. The number of fused-ring (bicyclic) bond motifs is 1. The molecule has 3 aromatic rings. The highest BCUT2D eigenvalue weighted by Crippen LogP contribution is 2.29. The van der Waals surface area contributed by atoms with Crippen LogP contribution in [-0.2, 0) is 11.2 Å². The molecule has 24 heavy (non-hydrogen) atoms. The molecule has 1 aliphatic rings. The summed E-state index contributed by atoms with van der Waals surface area (Å²) in [6.07, 6.45) is 3.73. The summed E-state index contributed by atoms with van der Waals surface area (Å²) in [5, 5.41) is 11.8. The van der Waals surface area contributed by atoms with Crippen molar-refractivity contribution >= 4 is 17.3 Å². The zero-order valence-electron chi connectivity index (χ0n) is 12.9. The minimum atomic E-state index is -0.0965. The molecule has 118 valence electrons. The lowest BCUT2D eigenvalue weighted by atomic mass is 10.1. The second kappa shape index (κ2) is 6.08. The van der Waals surface area contributed by atoms with E-state index >= 15 is 0 Å². The zero-order chi connectivity index (χ0) is 16.4. The van der Waals surface area contributed by atoms with Gasteiger partial charge in [-0.05, 0) is 18.1 Å². The van der Waals surface area contributed by atoms with Crippen LogP contribution in [0.4, 0.5) is 5.69 Å². The molecule has 1 aliphatic heterocycles. The van der Waals surface area contributed by atoms with Crippen LogP contribution in [0.3, 0.4) is 0 Å². The van der Waals surface area contributed by atoms with Crippen molar-refractivity contribution in [1.29, 1.82) is 0 Å². The number of para-hydroxylation sites is 1. The number of rotatable bonds is 4. The number of aromatic nitrogens is 3. The van der Waals surface area contributed by atoms with Gasteiger partial charge in [0, 0.05) is 12.1 Å². The fourth-order valence-electron chi connectivity index (χ4n) is 2.83. The average molecular weight is 317 g/mol. The van der Waals surface area contributed by atoms with Crippen molar-refractivity contribution < 1.29 is 4.79 Å². The molecule has 2 aromatic carbocycles. The molecule has 2 heterocycles. The molecule has 0 saturated carbocycles. The van der Waals surface area contributed by atoms with E-state index in [0.29, 0.717) is 12.3 Å². The van der Waals surface area contributed by atoms with Crippen LogP contribution in [0.1, 0.15) is 11.1 Å². The van der Waals surface area contributed by atoms with Crippen LogP contribution in [-0.4, -0.2) is 33.0 Å². The number of anilines is 1. The second-order valence-corrected chi connectivity index (χ2v) is 5.50. The highest BCUT2D eigenvalue weighted by atomic mass is 16.2. The van der Waals surface area contributed by atoms with E-state index in [1.807, 2.05) is 42.5 Å². The van der Waals surface area contributed by atoms with E-state index < -0.39 is 0 Å². The summed E-state index contributed by atoms with van der Waals surface area (Å²) in [6.45, 7) is 0.612. The summed E-state index contributed by atoms with van der Waals surface area (Å²) in [5.41, 5.74) is 3.35. The summed E-state index contributed by atoms with van der Waals surface area (Å²) < 4.78 is 1.45. The third-order valence-corrected chi connectivity index (χ3v) is 3.99. The van der Waals surface area contributed by atoms with Gasteiger partial charge < -0.3 is 4.90 Å². The monoisotopic (exact) mass is 317 g/mol. The maximum absolute atomic E-state index is 12.9. The van der Waals surface area contributed by atoms with Gasteiger partial charge in [-0.1, -0.05) is 48.5 Å². The van der Waals surface area contributed by atoms with Crippen LogP contribution in [0.2, 0.25) is 0 Å². The predicted octanol–water partition coefficient (Wildman–Crippen LogP) is 2.12. The Kier molecular flexibility index (Phi) is 3.63. The Hall–Kier alpha value is -3.28. The van der Waals surface area contributed by atoms with E-state index in [9.17, 15) is 4.79 Å². The van der Waals surface area contributed by atoms with Crippen molar-refractivity contribution in [3.63, 3.8) is 0 Å². The Morgan fingerprint density at radius 2 is 1.62 bits per heavy atom. The van der Waals surface area contributed by atoms with E-state index in [4.69, 9.17) is 0 Å². The smallest absolute Gasteiger partial charge is 0.279 e. The van der Waals surface area contributed by atoms with Gasteiger partial charge in [-0.2, -0.15) is 5.10 Å². The van der Waals surface area contributed by atoms with Gasteiger partial charge in [-0.15, -0.1) is 10.2 Å². The van der Waals surface area contributed by atoms with Crippen molar-refractivity contribution in [2.75, 3.05) is 11.4 Å². The van der Waals surface area contributed by atoms with Crippen LogP contribution in [0.5, 0.6) is 0 Å². The lowest BCUT2D eigenvalue weighted by molar-refractivity contribution is -0.112. The van der Waals surface area contributed by atoms with Crippen LogP contribution in [0.25, 0.3) is 0 Å². The number of benzene rings is 2. The quantitative estimate of drug-likeness (QED) is 0.740. The molecule has 1 amide bonds. The van der Waals surface area contributed by atoms with E-state index in [1.165, 1.54) is 22.9 Å². The van der Waals surface area contributed by atoms with Crippen molar-refractivity contribution in [2.24, 2.45) is 5.10 Å². The highest BCUT2D eigenvalue weighted by Gasteiger charge is 2.33. The minimum Gasteiger partial charge on any atom is -0.306 e. The summed E-state index contributed by atoms with van der Waals surface area (Å²) in [5.74, 6) is -0.0965. The summed E-state index contributed by atoms with van der Waals surface area (Å²) in [4.78, 5) is 14.6. The van der Waals surface area contributed by atoms with Crippen LogP contribution in [0.15, 0.2) is 72.4 Å². The number of hydrogen-bond donors (Lipinski definition) is 0. The van der Waals surface area contributed by atoms with Crippen LogP contribution in [0, 0.1) is 0 Å². The summed E-state index contributed by atoms with van der Waals surface area (Å²) >= 11 is 0. The molecular formula is C18H15N5O. The van der Waals surface area contributed by atoms with Gasteiger partial charge in [0.1, 0.15) is 12.7 Å². The molecule has 6 nitrogen and oxygen atoms in total. The number of hydrogen-bond acceptors (Lipinski definition) is 4. The average Bonchev–Trinajstić information content (AvgIpc) is 3.22. The molecule has 1 aromatic heterocycles. The van der Waals surface area contributed by atoms with Crippen LogP contribution < -0.4 is 4.90 Å². The van der Waals surface area contributed by atoms with Crippen molar-refractivity contribution in [3.8, 4) is 0 Å². The summed E-state index contributed by atoms with van der Waals surface area (Å²) in [7, 11) is 0. The van der Waals surface area contributed by atoms with Gasteiger partial charge in [0.15, 0.2) is 5.71 Å². The maximum Gasteiger partial charge on any atom is 0.279 e. The van der Waals surface area contributed by atoms with Gasteiger partial charge in [-0.3, -0.25) is 4.79 Å². The molecule has 0 saturated heterocycles. The Morgan fingerprint density at radius 3 is 2.42 bits per heavy atom. The van der Waals surface area contributed by atoms with Gasteiger partial charge in [-0.25, -0.2) is 4.68 Å². The fourth-order valence-corrected chi connectivity index (χ4v) is 2.83. The third kappa shape index (κ3) is 2.58. The lowest BCUT2D eigenvalue weighted by Crippen LogP contribution is -2.32. The normalized spacial score (nSPS) is 15.1. The fraction of sp³-hybridized carbons (Fsp3) is 0.111. The maximum atomic E-state index is 12.9. The van der Waals surface area contributed by atoms with E-state index in [-0.39, 0.29) is 5.91 Å². The molecule has 6 heteroatoms. The van der Waals surface area contributed by atoms with E-state index in [0.717, 1.165) is 17.7 Å². The van der Waals surface area contributed by atoms with Crippen molar-refractivity contribution in [2.45, 2.75) is 6.42 Å². The largest absolute Gasteiger partial charge is 0.306 e. The Labute approximate surface area is 139 Å². The van der Waals surface area contributed by atoms with E-state index in [1.54, 1.807) is 4.90 Å². The Balaban J connectivity index is 1.65. The minimum absolute atomic E-state index is 0.0965. The first-order valence-corrected chi connectivity index (χ1v) is 7.72. The molecule has 4 rings (SSSR count). The predicted molar refractivity (Wildman–Crippen MR) is 90.9 cm³/mol. The standard InChI is InChI=1S/C18H15N5O/c24-18-17(21-22-12-19-20-13-22)15-8-4-5-9-16(15)23(18)11-10-14-6-2-1-3-7-14/h1-9,12-13H,10-11H2. The molecule has 0 unspecified atom stereocenters. The first-order chi connectivity index (χ1) is 11.8. The SMILES string of the molecule is O=C1C(=Nn2cnnc2)c2ccccc2N1CCc1ccccc1. The molecule has 0 radical (unpaired) electrons. The number of carbonyl (C=O) groups excluding carboxylic acids is 1. The first kappa shape index (κ1) is 14.3. The molecule has 0 aliphatic carbocycles. The van der Waals surface area contributed by atoms with Gasteiger partial charge in [0.05, 0.1) is 5.69 Å². The van der Waals surface area contributed by atoms with Gasteiger partial charge in [0.25, 0.3) is 5.91 Å². The summed E-state index contributed by atoms with van der Waals surface area (Å²) in [6, 6.07) is 17.9. The Morgan fingerprint density at radius 1 is 0.917 bits per heavy atom. The molecule has 0 N–H and O–H groups in total. The molecule has 0 fully saturated rings. The Bertz CT molecular complexity index is 887. The topological polar surface area (TPSA) is 63.4 Å². The van der Waals surface area contributed by atoms with Crippen molar-refractivity contribution in [3.05, 3.63) is 78.4 Å². The second-order valence-electron chi connectivity index (χ2n) is 5.50. The highest BCUT2D eigenvalue weighted by molar-refractivity contribution is 6.54. The van der Waals surface area contributed by atoms with E-state index in [2.05, 4.69) is 27.4 Å². The van der Waals surface area contributed by atoms with Crippen molar-refractivity contribution in [1.82, 2.24) is 14.9 Å². The van der Waals surface area contributed by atoms with Crippen LogP contribution >= 0.6 is 0 Å². The third-order valence-electron chi connectivity index (χ3n) is 3.99. The zero-order valence-corrected chi connectivity index (χ0v) is 12.9. The van der Waals surface area contributed by atoms with Gasteiger partial charge in [0.2, 0.25) is 0 Å². The van der Waals surface area contributed by atoms with Gasteiger partial charge >= 0.3 is 0 Å². The molecule has 0 spiro atoms. The molecule has 0 atom stereocenters. The molecule has 0 bridgehead atoms. The first-order valence-electron chi connectivity index (χ1n) is 7.72.